The minimum Gasteiger partial charge on any atom is -0.439 e. The van der Waals surface area contributed by atoms with Crippen molar-refractivity contribution in [2.45, 2.75) is 44.6 Å². The minimum absolute atomic E-state index is 0.380. The van der Waals surface area contributed by atoms with Gasteiger partial charge in [-0.2, -0.15) is 4.31 Å². The lowest BCUT2D eigenvalue weighted by Gasteiger charge is -2.15. The van der Waals surface area contributed by atoms with Crippen LogP contribution in [0.15, 0.2) is 59.3 Å². The first-order valence-electron chi connectivity index (χ1n) is 12.4. The maximum absolute atomic E-state index is 13.1. The monoisotopic (exact) mass is 491 g/mol. The van der Waals surface area contributed by atoms with Crippen molar-refractivity contribution in [3.63, 3.8) is 0 Å². The van der Waals surface area contributed by atoms with E-state index in [0.29, 0.717) is 18.0 Å². The van der Waals surface area contributed by atoms with Crippen LogP contribution in [0.25, 0.3) is 16.6 Å². The summed E-state index contributed by atoms with van der Waals surface area (Å²) in [7, 11) is -1.42. The summed E-state index contributed by atoms with van der Waals surface area (Å²) < 4.78 is 38.4. The third-order valence-electron chi connectivity index (χ3n) is 7.40. The molecule has 0 saturated carbocycles. The number of rotatable bonds is 4. The number of anilines is 1. The van der Waals surface area contributed by atoms with E-state index in [-0.39, 0.29) is 0 Å². The summed E-state index contributed by atoms with van der Waals surface area (Å²) in [6.45, 7) is 7.15. The first-order valence-corrected chi connectivity index (χ1v) is 13.8. The van der Waals surface area contributed by atoms with E-state index in [9.17, 15) is 8.42 Å². The van der Waals surface area contributed by atoms with Crippen molar-refractivity contribution in [1.29, 1.82) is 0 Å². The third-order valence-corrected chi connectivity index (χ3v) is 9.29. The van der Waals surface area contributed by atoms with Crippen molar-refractivity contribution in [2.24, 2.45) is 7.05 Å². The maximum atomic E-state index is 13.1. The van der Waals surface area contributed by atoms with Gasteiger partial charge in [0.15, 0.2) is 16.8 Å². The molecule has 0 unspecified atom stereocenters. The van der Waals surface area contributed by atoms with Crippen LogP contribution in [0, 0.1) is 6.92 Å². The molecule has 7 nitrogen and oxygen atoms in total. The van der Waals surface area contributed by atoms with Crippen LogP contribution in [-0.4, -0.2) is 36.9 Å². The zero-order valence-electron chi connectivity index (χ0n) is 20.5. The normalized spacial score (nSPS) is 20.3. The van der Waals surface area contributed by atoms with Gasteiger partial charge in [-0.15, -0.1) is 0 Å². The zero-order chi connectivity index (χ0) is 24.3. The summed E-state index contributed by atoms with van der Waals surface area (Å²) in [6.07, 6.45) is 7.00. The Labute approximate surface area is 206 Å². The maximum Gasteiger partial charge on any atom is 0.285 e. The average molecular weight is 492 g/mol. The Morgan fingerprint density at radius 2 is 1.86 bits per heavy atom. The van der Waals surface area contributed by atoms with Crippen molar-refractivity contribution < 1.29 is 17.7 Å². The number of sulfonamides is 1. The van der Waals surface area contributed by atoms with E-state index < -0.39 is 10.0 Å². The summed E-state index contributed by atoms with van der Waals surface area (Å²) in [5.41, 5.74) is 5.54. The molecule has 2 aromatic carbocycles. The topological polar surface area (TPSA) is 58.7 Å². The van der Waals surface area contributed by atoms with Gasteiger partial charge in [-0.05, 0) is 68.7 Å². The molecule has 8 heteroatoms. The molecule has 0 amide bonds. The highest BCUT2D eigenvalue weighted by Gasteiger charge is 2.34. The van der Waals surface area contributed by atoms with Gasteiger partial charge in [0.05, 0.1) is 24.2 Å². The van der Waals surface area contributed by atoms with Gasteiger partial charge >= 0.3 is 0 Å². The lowest BCUT2D eigenvalue weighted by molar-refractivity contribution is -0.647. The molecule has 3 aliphatic rings. The number of benzene rings is 2. The van der Waals surface area contributed by atoms with E-state index in [4.69, 9.17) is 4.74 Å². The lowest BCUT2D eigenvalue weighted by Crippen LogP contribution is -2.32. The molecular formula is C27H31N4O3S+. The molecule has 0 bridgehead atoms. The number of ether oxygens (including phenoxy) is 1. The zero-order valence-corrected chi connectivity index (χ0v) is 21.3. The molecule has 0 atom stereocenters. The molecule has 0 aliphatic carbocycles. The Kier molecular flexibility index (Phi) is 5.27. The quantitative estimate of drug-likeness (QED) is 0.516. The van der Waals surface area contributed by atoms with E-state index in [0.717, 1.165) is 66.5 Å². The second kappa shape index (κ2) is 8.24. The largest absolute Gasteiger partial charge is 0.439 e. The molecule has 3 aliphatic heterocycles. The summed E-state index contributed by atoms with van der Waals surface area (Å²) in [5.74, 6) is 2.83. The van der Waals surface area contributed by atoms with Crippen LogP contribution < -0.4 is 14.2 Å². The number of hydrogen-bond donors (Lipinski definition) is 0. The number of hydrogen-bond acceptors (Lipinski definition) is 4. The fourth-order valence-electron chi connectivity index (χ4n) is 5.60. The van der Waals surface area contributed by atoms with Gasteiger partial charge in [0, 0.05) is 37.7 Å². The summed E-state index contributed by atoms with van der Waals surface area (Å²) in [5, 5.41) is 0. The molecule has 3 aromatic rings. The molecule has 35 heavy (non-hydrogen) atoms. The van der Waals surface area contributed by atoms with Gasteiger partial charge in [-0.3, -0.25) is 0 Å². The second-order valence-electron chi connectivity index (χ2n) is 9.56. The Balaban J connectivity index is 1.37. The van der Waals surface area contributed by atoms with Crippen LogP contribution in [0.5, 0.6) is 5.75 Å². The van der Waals surface area contributed by atoms with Gasteiger partial charge in [0.2, 0.25) is 15.9 Å². The van der Waals surface area contributed by atoms with E-state index >= 15 is 0 Å². The predicted octanol–water partition coefficient (Wildman–Crippen LogP) is 4.11. The summed E-state index contributed by atoms with van der Waals surface area (Å²) in [4.78, 5) is 2.57. The van der Waals surface area contributed by atoms with Crippen LogP contribution in [0.3, 0.4) is 0 Å². The van der Waals surface area contributed by atoms with Crippen LogP contribution in [-0.2, 0) is 23.6 Å². The molecule has 0 radical (unpaired) electrons. The first kappa shape index (κ1) is 22.4. The Hall–Kier alpha value is -3.10. The molecule has 1 aromatic heterocycles. The van der Waals surface area contributed by atoms with Gasteiger partial charge in [-0.1, -0.05) is 6.07 Å². The molecular weight excluding hydrogens is 460 g/mol. The predicted molar refractivity (Wildman–Crippen MR) is 137 cm³/mol. The first-order chi connectivity index (χ1) is 16.9. The Bertz CT molecular complexity index is 1510. The van der Waals surface area contributed by atoms with Crippen LogP contribution in [0.2, 0.25) is 0 Å². The van der Waals surface area contributed by atoms with E-state index in [1.54, 1.807) is 10.4 Å². The molecule has 0 N–H and O–H groups in total. The fraction of sp³-hybridized carbons (Fsp3) is 0.370. The van der Waals surface area contributed by atoms with Crippen LogP contribution in [0.1, 0.15) is 37.6 Å². The highest BCUT2D eigenvalue weighted by atomic mass is 32.2. The number of fused-ring (bicyclic) bond motifs is 4. The average Bonchev–Trinajstić information content (AvgIpc) is 3.63. The summed E-state index contributed by atoms with van der Waals surface area (Å²) >= 11 is 0. The van der Waals surface area contributed by atoms with Crippen molar-refractivity contribution >= 4 is 32.3 Å². The lowest BCUT2D eigenvalue weighted by atomic mass is 10.2. The number of aryl methyl sites for hydroxylation is 3. The SMILES string of the molecule is CCN1C(=CC=C2CCn3c2[n+](C)c2cc(S(=O)(=O)N4CCCC4)ccc23)Oc2ccc(C)cc21. The molecule has 0 spiro atoms. The van der Waals surface area contributed by atoms with E-state index in [1.165, 1.54) is 11.1 Å². The van der Waals surface area contributed by atoms with Gasteiger partial charge < -0.3 is 9.64 Å². The van der Waals surface area contributed by atoms with E-state index in [2.05, 4.69) is 52.2 Å². The van der Waals surface area contributed by atoms with Crippen LogP contribution in [0.4, 0.5) is 5.69 Å². The minimum atomic E-state index is -3.45. The number of allylic oxidation sites excluding steroid dienone is 3. The highest BCUT2D eigenvalue weighted by Crippen LogP contribution is 2.40. The Morgan fingerprint density at radius 3 is 2.63 bits per heavy atom. The van der Waals surface area contributed by atoms with Gasteiger partial charge in [0.1, 0.15) is 0 Å². The molecule has 6 rings (SSSR count). The van der Waals surface area contributed by atoms with Gasteiger partial charge in [0.25, 0.3) is 5.82 Å². The third kappa shape index (κ3) is 3.50. The number of nitrogens with zero attached hydrogens (tertiary/aromatic N) is 4. The van der Waals surface area contributed by atoms with Crippen LogP contribution >= 0.6 is 0 Å². The molecule has 4 heterocycles. The standard InChI is InChI=1S/C27H31N4O3S/c1-4-30-24-17-19(2)7-11-25(24)34-26(30)12-8-20-13-16-31-22-10-9-21(18-23(22)28(3)27(20)31)35(32,33)29-14-5-6-15-29/h7-12,17-18H,4-6,13-16H2,1-3H3/q+1. The molecule has 1 saturated heterocycles. The number of aromatic nitrogens is 2. The van der Waals surface area contributed by atoms with E-state index in [1.807, 2.05) is 25.2 Å². The highest BCUT2D eigenvalue weighted by molar-refractivity contribution is 7.89. The van der Waals surface area contributed by atoms with Crippen molar-refractivity contribution in [2.75, 3.05) is 24.5 Å². The number of imidazole rings is 1. The van der Waals surface area contributed by atoms with Crippen molar-refractivity contribution in [3.8, 4) is 5.75 Å². The second-order valence-corrected chi connectivity index (χ2v) is 11.5. The van der Waals surface area contributed by atoms with Crippen molar-refractivity contribution in [3.05, 3.63) is 65.8 Å². The van der Waals surface area contributed by atoms with Crippen molar-refractivity contribution in [1.82, 2.24) is 8.87 Å². The fourth-order valence-corrected chi connectivity index (χ4v) is 7.14. The molecule has 182 valence electrons. The molecule has 1 fully saturated rings. The Morgan fingerprint density at radius 1 is 1.06 bits per heavy atom. The smallest absolute Gasteiger partial charge is 0.285 e. The van der Waals surface area contributed by atoms with Gasteiger partial charge in [-0.25, -0.2) is 17.6 Å². The summed E-state index contributed by atoms with van der Waals surface area (Å²) in [6, 6.07) is 11.8.